The van der Waals surface area contributed by atoms with E-state index in [0.29, 0.717) is 0 Å². The molecule has 0 aromatic heterocycles. The fraction of sp³-hybridized carbons (Fsp3) is 0.333. The van der Waals surface area contributed by atoms with Crippen LogP contribution in [0.3, 0.4) is 0 Å². The summed E-state index contributed by atoms with van der Waals surface area (Å²) in [5.41, 5.74) is 19.1. The largest absolute Gasteiger partial charge is 0.310 e. The number of hydrogen-bond donors (Lipinski definition) is 0. The Morgan fingerprint density at radius 1 is 0.328 bits per heavy atom. The zero-order chi connectivity index (χ0) is 39.6. The van der Waals surface area contributed by atoms with Gasteiger partial charge in [0.25, 0.3) is 0 Å². The molecule has 0 amide bonds. The summed E-state index contributed by atoms with van der Waals surface area (Å²) in [5.74, 6) is 6.84. The highest BCUT2D eigenvalue weighted by atomic mass is 15.1. The van der Waals surface area contributed by atoms with Crippen molar-refractivity contribution in [3.63, 3.8) is 0 Å². The van der Waals surface area contributed by atoms with Crippen molar-refractivity contribution in [3.8, 4) is 33.4 Å². The number of rotatable bonds is 4. The molecule has 0 atom stereocenters. The van der Waals surface area contributed by atoms with E-state index in [4.69, 9.17) is 0 Å². The summed E-state index contributed by atoms with van der Waals surface area (Å²) in [4.78, 5) is 2.60. The maximum Gasteiger partial charge on any atom is 0.0468 e. The molecule has 0 aliphatic heterocycles. The quantitative estimate of drug-likeness (QED) is 0.172. The predicted octanol–water partition coefficient (Wildman–Crippen LogP) is 15.4. The smallest absolute Gasteiger partial charge is 0.0468 e. The van der Waals surface area contributed by atoms with E-state index in [9.17, 15) is 0 Å². The average molecular weight is 788 g/mol. The van der Waals surface area contributed by atoms with Crippen LogP contribution in [-0.2, 0) is 10.8 Å². The van der Waals surface area contributed by atoms with Gasteiger partial charge in [-0.3, -0.25) is 0 Å². The number of nitrogens with zero attached hydrogens (tertiary/aromatic N) is 1. The number of benzene rings is 7. The monoisotopic (exact) mass is 787 g/mol. The predicted molar refractivity (Wildman–Crippen MR) is 251 cm³/mol. The molecule has 1 nitrogen and oxygen atoms in total. The van der Waals surface area contributed by atoms with Crippen molar-refractivity contribution in [2.75, 3.05) is 4.90 Å². The first-order valence-corrected chi connectivity index (χ1v) is 24.0. The van der Waals surface area contributed by atoms with Crippen molar-refractivity contribution >= 4 is 27.8 Å². The molecule has 2 spiro atoms. The lowest BCUT2D eigenvalue weighted by Crippen LogP contribution is -2.55. The van der Waals surface area contributed by atoms with Gasteiger partial charge in [0.05, 0.1) is 0 Å². The van der Waals surface area contributed by atoms with Crippen molar-refractivity contribution in [2.45, 2.75) is 75.0 Å². The van der Waals surface area contributed by atoms with E-state index in [-0.39, 0.29) is 10.8 Å². The van der Waals surface area contributed by atoms with Gasteiger partial charge >= 0.3 is 0 Å². The third kappa shape index (κ3) is 4.39. The minimum absolute atomic E-state index is 0.174. The molecule has 0 saturated heterocycles. The molecule has 8 bridgehead atoms. The summed E-state index contributed by atoms with van der Waals surface area (Å²) in [6.45, 7) is 0. The molecule has 0 heterocycles. The van der Waals surface area contributed by atoms with E-state index in [1.54, 1.807) is 22.3 Å². The lowest BCUT2D eigenvalue weighted by molar-refractivity contribution is -0.0399. The van der Waals surface area contributed by atoms with E-state index in [0.717, 1.165) is 47.3 Å². The Morgan fingerprint density at radius 2 is 0.738 bits per heavy atom. The fourth-order valence-corrected chi connectivity index (χ4v) is 17.3. The van der Waals surface area contributed by atoms with Crippen LogP contribution in [0.4, 0.5) is 17.1 Å². The highest BCUT2D eigenvalue weighted by Crippen LogP contribution is 2.71. The Balaban J connectivity index is 0.914. The van der Waals surface area contributed by atoms with Gasteiger partial charge in [-0.05, 0) is 214 Å². The van der Waals surface area contributed by atoms with Crippen molar-refractivity contribution in [1.82, 2.24) is 0 Å². The topological polar surface area (TPSA) is 3.24 Å². The Labute approximate surface area is 360 Å². The first-order valence-electron chi connectivity index (χ1n) is 24.0. The Kier molecular flexibility index (Phi) is 6.82. The SMILES string of the molecule is c1ccc2c(c1)-c1cc(N(c3ccc(-c4cccc5ccccc45)cc3)c3ccc4c(c3)-c3ccccc3[C@]43[C@@H]4CC5C[C@@H](C4)C[C@H]3C5)ccc1[C@]21C2CC3C[C@H](C2)C[C@H]1C3. The third-order valence-electron chi connectivity index (χ3n) is 18.8. The van der Waals surface area contributed by atoms with E-state index in [1.165, 1.54) is 125 Å². The van der Waals surface area contributed by atoms with E-state index >= 15 is 0 Å². The molecule has 8 saturated carbocycles. The summed E-state index contributed by atoms with van der Waals surface area (Å²) in [6, 6.07) is 59.7. The highest BCUT2D eigenvalue weighted by molar-refractivity contribution is 5.97. The molecule has 0 N–H and O–H groups in total. The maximum absolute atomic E-state index is 2.61. The van der Waals surface area contributed by atoms with Crippen LogP contribution in [0, 0.1) is 47.3 Å². The van der Waals surface area contributed by atoms with Crippen LogP contribution in [0.1, 0.15) is 86.5 Å². The van der Waals surface area contributed by atoms with E-state index in [2.05, 4.69) is 157 Å². The number of fused-ring (bicyclic) bond motifs is 7. The molecule has 10 aliphatic rings. The molecule has 0 radical (unpaired) electrons. The molecule has 1 heteroatoms. The van der Waals surface area contributed by atoms with Crippen LogP contribution in [0.5, 0.6) is 0 Å². The van der Waals surface area contributed by atoms with Crippen LogP contribution in [0.25, 0.3) is 44.2 Å². The maximum atomic E-state index is 2.61. The first kappa shape index (κ1) is 34.2. The van der Waals surface area contributed by atoms with Gasteiger partial charge in [0.1, 0.15) is 0 Å². The second-order valence-corrected chi connectivity index (χ2v) is 21.3. The summed E-state index contributed by atoms with van der Waals surface area (Å²) in [5, 5.41) is 2.60. The van der Waals surface area contributed by atoms with Crippen LogP contribution < -0.4 is 4.90 Å². The Morgan fingerprint density at radius 3 is 1.26 bits per heavy atom. The minimum atomic E-state index is 0.174. The summed E-state index contributed by atoms with van der Waals surface area (Å²) >= 11 is 0. The van der Waals surface area contributed by atoms with Gasteiger partial charge in [-0.25, -0.2) is 0 Å². The summed E-state index contributed by atoms with van der Waals surface area (Å²) < 4.78 is 0. The van der Waals surface area contributed by atoms with Gasteiger partial charge in [0, 0.05) is 27.9 Å². The molecule has 298 valence electrons. The first-order chi connectivity index (χ1) is 30.1. The lowest BCUT2D eigenvalue weighted by atomic mass is 9.43. The zero-order valence-corrected chi connectivity index (χ0v) is 35.1. The fourth-order valence-electron chi connectivity index (χ4n) is 17.3. The van der Waals surface area contributed by atoms with Crippen LogP contribution in [0.2, 0.25) is 0 Å². The van der Waals surface area contributed by atoms with Gasteiger partial charge in [-0.2, -0.15) is 0 Å². The molecule has 10 aliphatic carbocycles. The second-order valence-electron chi connectivity index (χ2n) is 21.3. The van der Waals surface area contributed by atoms with Crippen LogP contribution in [-0.4, -0.2) is 0 Å². The van der Waals surface area contributed by atoms with Crippen molar-refractivity contribution < 1.29 is 0 Å². The standard InChI is InChI=1S/C60H53N/c1-2-10-49-40(8-1)9-7-13-50(49)41-16-18-46(19-17-41)61(47-20-22-57-53(34-47)51-11-3-5-14-55(51)59(57)42-26-36-24-37(28-42)29-43(59)27-36)48-21-23-58-54(35-48)52-12-4-6-15-56(52)60(58)44-30-38-25-39(32-44)33-45(60)31-38/h1-23,34-39,42-45H,24-33H2/t36-,37?,38-,39?,42-,43-,44-,45?,59+,60+/m0/s1. The Hall–Kier alpha value is -5.40. The summed E-state index contributed by atoms with van der Waals surface area (Å²) in [7, 11) is 0. The second kappa shape index (κ2) is 12.2. The number of hydrogen-bond acceptors (Lipinski definition) is 1. The molecule has 61 heavy (non-hydrogen) atoms. The van der Waals surface area contributed by atoms with E-state index < -0.39 is 0 Å². The van der Waals surface area contributed by atoms with Gasteiger partial charge in [-0.1, -0.05) is 115 Å². The molecular weight excluding hydrogens is 735 g/mol. The van der Waals surface area contributed by atoms with Gasteiger partial charge in [-0.15, -0.1) is 0 Å². The lowest BCUT2D eigenvalue weighted by Gasteiger charge is -2.61. The van der Waals surface area contributed by atoms with Crippen LogP contribution in [0.15, 0.2) is 152 Å². The minimum Gasteiger partial charge on any atom is -0.310 e. The molecule has 17 rings (SSSR count). The Bertz CT molecular complexity index is 2760. The van der Waals surface area contributed by atoms with Crippen molar-refractivity contribution in [3.05, 3.63) is 174 Å². The van der Waals surface area contributed by atoms with E-state index in [1.807, 2.05) is 0 Å². The normalized spacial score (nSPS) is 32.4. The highest BCUT2D eigenvalue weighted by Gasteiger charge is 2.63. The molecule has 7 aromatic carbocycles. The summed E-state index contributed by atoms with van der Waals surface area (Å²) in [6.07, 6.45) is 14.3. The molecule has 7 aromatic rings. The van der Waals surface area contributed by atoms with Gasteiger partial charge in [0.2, 0.25) is 0 Å². The molecular formula is C60H53N. The third-order valence-corrected chi connectivity index (χ3v) is 18.8. The van der Waals surface area contributed by atoms with Crippen molar-refractivity contribution in [1.29, 1.82) is 0 Å². The molecule has 8 fully saturated rings. The van der Waals surface area contributed by atoms with Crippen LogP contribution >= 0.6 is 0 Å². The van der Waals surface area contributed by atoms with Gasteiger partial charge < -0.3 is 4.90 Å². The average Bonchev–Trinajstić information content (AvgIpc) is 3.75. The number of anilines is 3. The molecule has 0 unspecified atom stereocenters. The van der Waals surface area contributed by atoms with Crippen molar-refractivity contribution in [2.24, 2.45) is 47.3 Å². The van der Waals surface area contributed by atoms with Gasteiger partial charge in [0.15, 0.2) is 0 Å². The zero-order valence-electron chi connectivity index (χ0n) is 35.1.